The van der Waals surface area contributed by atoms with Crippen LogP contribution in [0.3, 0.4) is 0 Å². The topological polar surface area (TPSA) is 53.1 Å². The third kappa shape index (κ3) is 3.54. The highest BCUT2D eigenvalue weighted by atomic mass is 19.1. The summed E-state index contributed by atoms with van der Waals surface area (Å²) < 4.78 is 21.1. The van der Waals surface area contributed by atoms with Crippen LogP contribution in [-0.2, 0) is 13.0 Å². The van der Waals surface area contributed by atoms with Crippen LogP contribution in [0, 0.1) is 5.82 Å². The van der Waals surface area contributed by atoms with Gasteiger partial charge >= 0.3 is 0 Å². The molecule has 0 unspecified atom stereocenters. The van der Waals surface area contributed by atoms with Crippen molar-refractivity contribution in [2.24, 2.45) is 5.73 Å². The lowest BCUT2D eigenvalue weighted by atomic mass is 10.1. The molecule has 5 heteroatoms. The van der Waals surface area contributed by atoms with Crippen LogP contribution >= 0.6 is 0 Å². The van der Waals surface area contributed by atoms with Crippen LogP contribution in [0.1, 0.15) is 18.9 Å². The first-order valence-corrected chi connectivity index (χ1v) is 6.41. The second kappa shape index (κ2) is 6.33. The summed E-state index contributed by atoms with van der Waals surface area (Å²) in [6.07, 6.45) is 4.99. The number of hydrogen-bond acceptors (Lipinski definition) is 3. The van der Waals surface area contributed by atoms with E-state index in [1.165, 1.54) is 6.07 Å². The molecule has 1 heterocycles. The quantitative estimate of drug-likeness (QED) is 0.871. The van der Waals surface area contributed by atoms with Crippen molar-refractivity contribution in [2.75, 3.05) is 6.54 Å². The van der Waals surface area contributed by atoms with Crippen molar-refractivity contribution in [3.05, 3.63) is 42.0 Å². The first-order chi connectivity index (χ1) is 9.22. The fraction of sp³-hybridized carbons (Fsp3) is 0.357. The van der Waals surface area contributed by atoms with Gasteiger partial charge in [0.2, 0.25) is 0 Å². The minimum atomic E-state index is -0.380. The molecular weight excluding hydrogens is 245 g/mol. The molecule has 4 nitrogen and oxygen atoms in total. The van der Waals surface area contributed by atoms with Crippen LogP contribution in [-0.4, -0.2) is 16.3 Å². The third-order valence-corrected chi connectivity index (χ3v) is 2.72. The van der Waals surface area contributed by atoms with Crippen molar-refractivity contribution < 1.29 is 9.13 Å². The molecule has 1 aromatic carbocycles. The van der Waals surface area contributed by atoms with Crippen molar-refractivity contribution >= 4 is 0 Å². The van der Waals surface area contributed by atoms with Gasteiger partial charge in [0.25, 0.3) is 0 Å². The molecule has 0 spiro atoms. The largest absolute Gasteiger partial charge is 0.451 e. The van der Waals surface area contributed by atoms with Crippen LogP contribution < -0.4 is 10.5 Å². The Labute approximate surface area is 112 Å². The fourth-order valence-electron chi connectivity index (χ4n) is 1.82. The van der Waals surface area contributed by atoms with Crippen LogP contribution in [0.2, 0.25) is 0 Å². The molecule has 0 radical (unpaired) electrons. The Morgan fingerprint density at radius 1 is 1.42 bits per heavy atom. The van der Waals surface area contributed by atoms with E-state index in [-0.39, 0.29) is 11.6 Å². The third-order valence-electron chi connectivity index (χ3n) is 2.72. The normalized spacial score (nSPS) is 10.7. The van der Waals surface area contributed by atoms with Gasteiger partial charge in [-0.05, 0) is 37.1 Å². The Bertz CT molecular complexity index is 539. The highest BCUT2D eigenvalue weighted by molar-refractivity contribution is 5.33. The summed E-state index contributed by atoms with van der Waals surface area (Å²) in [6.45, 7) is 3.39. The second-order valence-corrected chi connectivity index (χ2v) is 4.34. The van der Waals surface area contributed by atoms with E-state index in [4.69, 9.17) is 10.5 Å². The maximum Gasteiger partial charge on any atom is 0.165 e. The molecule has 0 fully saturated rings. The van der Waals surface area contributed by atoms with E-state index >= 15 is 0 Å². The lowest BCUT2D eigenvalue weighted by Crippen LogP contribution is -2.03. The van der Waals surface area contributed by atoms with Gasteiger partial charge in [-0.2, -0.15) is 5.10 Å². The van der Waals surface area contributed by atoms with Crippen molar-refractivity contribution in [2.45, 2.75) is 26.3 Å². The van der Waals surface area contributed by atoms with E-state index in [2.05, 4.69) is 12.0 Å². The number of aromatic nitrogens is 2. The van der Waals surface area contributed by atoms with Crippen LogP contribution in [0.4, 0.5) is 4.39 Å². The molecule has 0 atom stereocenters. The maximum absolute atomic E-state index is 13.8. The van der Waals surface area contributed by atoms with Gasteiger partial charge in [-0.15, -0.1) is 0 Å². The first kappa shape index (κ1) is 13.5. The van der Waals surface area contributed by atoms with Crippen LogP contribution in [0.25, 0.3) is 0 Å². The SMILES string of the molecule is CCCn1cc(Oc2ccc(CCN)cc2F)cn1. The number of nitrogens with two attached hydrogens (primary N) is 1. The molecule has 2 rings (SSSR count). The van der Waals surface area contributed by atoms with Gasteiger partial charge in [0.05, 0.1) is 12.4 Å². The smallest absolute Gasteiger partial charge is 0.165 e. The number of halogens is 1. The van der Waals surface area contributed by atoms with Crippen molar-refractivity contribution in [3.63, 3.8) is 0 Å². The van der Waals surface area contributed by atoms with Gasteiger partial charge in [0.15, 0.2) is 17.3 Å². The molecule has 2 N–H and O–H groups in total. The van der Waals surface area contributed by atoms with E-state index in [1.54, 1.807) is 23.1 Å². The molecular formula is C14H18FN3O. The Morgan fingerprint density at radius 2 is 2.26 bits per heavy atom. The molecule has 0 amide bonds. The first-order valence-electron chi connectivity index (χ1n) is 6.41. The Kier molecular flexibility index (Phi) is 4.52. The summed E-state index contributed by atoms with van der Waals surface area (Å²) in [7, 11) is 0. The highest BCUT2D eigenvalue weighted by Crippen LogP contribution is 2.24. The number of ether oxygens (including phenoxy) is 1. The zero-order chi connectivity index (χ0) is 13.7. The average Bonchev–Trinajstić information content (AvgIpc) is 2.81. The van der Waals surface area contributed by atoms with E-state index < -0.39 is 0 Å². The average molecular weight is 263 g/mol. The molecule has 102 valence electrons. The van der Waals surface area contributed by atoms with Crippen LogP contribution in [0.15, 0.2) is 30.6 Å². The van der Waals surface area contributed by atoms with Crippen LogP contribution in [0.5, 0.6) is 11.5 Å². The number of aryl methyl sites for hydroxylation is 1. The van der Waals surface area contributed by atoms with E-state index in [9.17, 15) is 4.39 Å². The highest BCUT2D eigenvalue weighted by Gasteiger charge is 2.07. The van der Waals surface area contributed by atoms with Gasteiger partial charge in [-0.3, -0.25) is 4.68 Å². The molecule has 0 aliphatic rings. The predicted octanol–water partition coefficient (Wildman–Crippen LogP) is 2.73. The Hall–Kier alpha value is -1.88. The molecule has 0 bridgehead atoms. The zero-order valence-corrected chi connectivity index (χ0v) is 11.0. The summed E-state index contributed by atoms with van der Waals surface area (Å²) in [4.78, 5) is 0. The van der Waals surface area contributed by atoms with Gasteiger partial charge < -0.3 is 10.5 Å². The molecule has 0 aliphatic heterocycles. The molecule has 2 aromatic rings. The number of hydrogen-bond donors (Lipinski definition) is 1. The zero-order valence-electron chi connectivity index (χ0n) is 11.0. The lowest BCUT2D eigenvalue weighted by Gasteiger charge is -2.06. The summed E-state index contributed by atoms with van der Waals surface area (Å²) in [6, 6.07) is 4.90. The van der Waals surface area contributed by atoms with E-state index in [0.717, 1.165) is 18.5 Å². The monoisotopic (exact) mass is 263 g/mol. The Balaban J connectivity index is 2.09. The van der Waals surface area contributed by atoms with E-state index in [0.29, 0.717) is 18.7 Å². The molecule has 0 aliphatic carbocycles. The minimum Gasteiger partial charge on any atom is -0.451 e. The van der Waals surface area contributed by atoms with Gasteiger partial charge in [0, 0.05) is 6.54 Å². The molecule has 1 aromatic heterocycles. The van der Waals surface area contributed by atoms with Crippen molar-refractivity contribution in [3.8, 4) is 11.5 Å². The van der Waals surface area contributed by atoms with Crippen molar-refractivity contribution in [1.29, 1.82) is 0 Å². The minimum absolute atomic E-state index is 0.205. The predicted molar refractivity (Wildman–Crippen MR) is 71.8 cm³/mol. The van der Waals surface area contributed by atoms with Gasteiger partial charge in [-0.25, -0.2) is 4.39 Å². The van der Waals surface area contributed by atoms with Crippen molar-refractivity contribution in [1.82, 2.24) is 9.78 Å². The molecule has 0 saturated heterocycles. The lowest BCUT2D eigenvalue weighted by molar-refractivity contribution is 0.440. The summed E-state index contributed by atoms with van der Waals surface area (Å²) in [5.41, 5.74) is 6.31. The molecule has 19 heavy (non-hydrogen) atoms. The summed E-state index contributed by atoms with van der Waals surface area (Å²) >= 11 is 0. The van der Waals surface area contributed by atoms with E-state index in [1.807, 2.05) is 6.07 Å². The summed E-state index contributed by atoms with van der Waals surface area (Å²) in [5, 5.41) is 4.13. The maximum atomic E-state index is 13.8. The molecule has 0 saturated carbocycles. The second-order valence-electron chi connectivity index (χ2n) is 4.34. The number of benzene rings is 1. The number of rotatable bonds is 6. The van der Waals surface area contributed by atoms with Gasteiger partial charge in [0.1, 0.15) is 0 Å². The number of nitrogens with zero attached hydrogens (tertiary/aromatic N) is 2. The Morgan fingerprint density at radius 3 is 2.95 bits per heavy atom. The van der Waals surface area contributed by atoms with Gasteiger partial charge in [-0.1, -0.05) is 13.0 Å². The summed E-state index contributed by atoms with van der Waals surface area (Å²) in [5.74, 6) is 0.366. The standard InChI is InChI=1S/C14H18FN3O/c1-2-7-18-10-12(9-17-18)19-14-4-3-11(5-6-16)8-13(14)15/h3-4,8-10H,2,5-7,16H2,1H3. The fourth-order valence-corrected chi connectivity index (χ4v) is 1.82.